The van der Waals surface area contributed by atoms with Gasteiger partial charge in [0.25, 0.3) is 0 Å². The summed E-state index contributed by atoms with van der Waals surface area (Å²) in [4.78, 5) is 0. The van der Waals surface area contributed by atoms with E-state index in [-0.39, 0.29) is 0 Å². The lowest BCUT2D eigenvalue weighted by molar-refractivity contribution is 0.552. The van der Waals surface area contributed by atoms with E-state index in [1.54, 1.807) is 0 Å². The Hall–Kier alpha value is -1.35. The molecular weight excluding hydrogens is 210 g/mol. The molecule has 17 heavy (non-hydrogen) atoms. The first-order valence-corrected chi connectivity index (χ1v) is 6.44. The van der Waals surface area contributed by atoms with Crippen LogP contribution in [0.1, 0.15) is 26.5 Å². The molecule has 0 saturated heterocycles. The van der Waals surface area contributed by atoms with Crippen LogP contribution in [0.3, 0.4) is 0 Å². The van der Waals surface area contributed by atoms with E-state index < -0.39 is 0 Å². The number of aromatic nitrogens is 2. The Morgan fingerprint density at radius 1 is 1.29 bits per heavy atom. The van der Waals surface area contributed by atoms with Crippen molar-refractivity contribution in [2.75, 3.05) is 6.54 Å². The maximum atomic E-state index is 4.71. The molecular formula is C14H21N3. The summed E-state index contributed by atoms with van der Waals surface area (Å²) in [5.74, 6) is 0. The second kappa shape index (κ2) is 5.32. The van der Waals surface area contributed by atoms with Gasteiger partial charge >= 0.3 is 0 Å². The second-order valence-electron chi connectivity index (χ2n) is 4.44. The van der Waals surface area contributed by atoms with Crippen molar-refractivity contribution in [1.29, 1.82) is 0 Å². The minimum atomic E-state index is 0.476. The predicted molar refractivity (Wildman–Crippen MR) is 72.2 cm³/mol. The van der Waals surface area contributed by atoms with E-state index in [0.29, 0.717) is 6.04 Å². The Morgan fingerprint density at radius 2 is 2.06 bits per heavy atom. The van der Waals surface area contributed by atoms with Gasteiger partial charge in [0.2, 0.25) is 0 Å². The molecule has 0 fully saturated rings. The highest BCUT2D eigenvalue weighted by molar-refractivity contribution is 5.82. The summed E-state index contributed by atoms with van der Waals surface area (Å²) in [5.41, 5.74) is 2.45. The van der Waals surface area contributed by atoms with Gasteiger partial charge in [-0.3, -0.25) is 4.68 Å². The standard InChI is InChI=1S/C14H21N3/c1-4-15-11(3)10-13-12-8-6-7-9-14(12)17(5-2)16-13/h6-9,11,15H,4-5,10H2,1-3H3. The van der Waals surface area contributed by atoms with Gasteiger partial charge in [-0.05, 0) is 26.5 Å². The van der Waals surface area contributed by atoms with Crippen LogP contribution in [0.2, 0.25) is 0 Å². The SMILES string of the molecule is CCNC(C)Cc1nn(CC)c2ccccc12. The van der Waals surface area contributed by atoms with E-state index in [1.807, 2.05) is 0 Å². The van der Waals surface area contributed by atoms with Crippen LogP contribution in [0.5, 0.6) is 0 Å². The Balaban J connectivity index is 2.33. The summed E-state index contributed by atoms with van der Waals surface area (Å²) in [5, 5.41) is 9.43. The number of fused-ring (bicyclic) bond motifs is 1. The number of nitrogens with one attached hydrogen (secondary N) is 1. The van der Waals surface area contributed by atoms with Gasteiger partial charge in [0.05, 0.1) is 11.2 Å². The number of nitrogens with zero attached hydrogens (tertiary/aromatic N) is 2. The van der Waals surface area contributed by atoms with Crippen molar-refractivity contribution in [2.45, 2.75) is 39.8 Å². The van der Waals surface area contributed by atoms with Crippen LogP contribution in [0, 0.1) is 0 Å². The Bertz CT molecular complexity index is 487. The molecule has 1 atom stereocenters. The third kappa shape index (κ3) is 2.50. The third-order valence-electron chi connectivity index (χ3n) is 3.09. The molecule has 2 aromatic rings. The van der Waals surface area contributed by atoms with E-state index in [4.69, 9.17) is 5.10 Å². The fraction of sp³-hybridized carbons (Fsp3) is 0.500. The molecule has 0 aliphatic rings. The highest BCUT2D eigenvalue weighted by Gasteiger charge is 2.11. The first-order valence-electron chi connectivity index (χ1n) is 6.44. The zero-order valence-corrected chi connectivity index (χ0v) is 10.9. The van der Waals surface area contributed by atoms with Gasteiger partial charge < -0.3 is 5.32 Å². The molecule has 0 spiro atoms. The van der Waals surface area contributed by atoms with Crippen LogP contribution in [0.25, 0.3) is 10.9 Å². The molecule has 0 aliphatic carbocycles. The molecule has 92 valence electrons. The fourth-order valence-corrected chi connectivity index (χ4v) is 2.30. The van der Waals surface area contributed by atoms with Crippen molar-refractivity contribution in [3.8, 4) is 0 Å². The van der Waals surface area contributed by atoms with Crippen LogP contribution < -0.4 is 5.32 Å². The van der Waals surface area contributed by atoms with E-state index >= 15 is 0 Å². The molecule has 0 aliphatic heterocycles. The molecule has 1 aromatic carbocycles. The molecule has 0 bridgehead atoms. The molecule has 0 radical (unpaired) electrons. The van der Waals surface area contributed by atoms with Crippen molar-refractivity contribution in [3.63, 3.8) is 0 Å². The van der Waals surface area contributed by atoms with Gasteiger partial charge in [0.1, 0.15) is 0 Å². The number of likely N-dealkylation sites (N-methyl/N-ethyl adjacent to an activating group) is 1. The van der Waals surface area contributed by atoms with Gasteiger partial charge in [-0.1, -0.05) is 25.1 Å². The lowest BCUT2D eigenvalue weighted by Crippen LogP contribution is -2.27. The van der Waals surface area contributed by atoms with Crippen molar-refractivity contribution < 1.29 is 0 Å². The van der Waals surface area contributed by atoms with E-state index in [9.17, 15) is 0 Å². The number of hydrogen-bond acceptors (Lipinski definition) is 2. The first-order chi connectivity index (χ1) is 8.26. The number of rotatable bonds is 5. The van der Waals surface area contributed by atoms with Crippen LogP contribution in [-0.2, 0) is 13.0 Å². The molecule has 1 unspecified atom stereocenters. The summed E-state index contributed by atoms with van der Waals surface area (Å²) in [6.07, 6.45) is 0.987. The largest absolute Gasteiger partial charge is 0.314 e. The van der Waals surface area contributed by atoms with Gasteiger partial charge in [-0.2, -0.15) is 5.10 Å². The number of hydrogen-bond donors (Lipinski definition) is 1. The fourth-order valence-electron chi connectivity index (χ4n) is 2.30. The van der Waals surface area contributed by atoms with Crippen molar-refractivity contribution in [2.24, 2.45) is 0 Å². The Morgan fingerprint density at radius 3 is 2.76 bits per heavy atom. The van der Waals surface area contributed by atoms with Crippen LogP contribution in [0.15, 0.2) is 24.3 Å². The Labute approximate surface area is 103 Å². The maximum absolute atomic E-state index is 4.71. The van der Waals surface area contributed by atoms with E-state index in [0.717, 1.165) is 19.5 Å². The number of para-hydroxylation sites is 1. The monoisotopic (exact) mass is 231 g/mol. The average molecular weight is 231 g/mol. The Kier molecular flexibility index (Phi) is 3.79. The predicted octanol–water partition coefficient (Wildman–Crippen LogP) is 2.60. The summed E-state index contributed by atoms with van der Waals surface area (Å²) in [7, 11) is 0. The lowest BCUT2D eigenvalue weighted by atomic mass is 10.1. The molecule has 1 aromatic heterocycles. The van der Waals surface area contributed by atoms with Crippen molar-refractivity contribution >= 4 is 10.9 Å². The van der Waals surface area contributed by atoms with Crippen molar-refractivity contribution in [1.82, 2.24) is 15.1 Å². The molecule has 0 saturated carbocycles. The first kappa shape index (κ1) is 12.1. The van der Waals surface area contributed by atoms with Gasteiger partial charge in [0, 0.05) is 24.4 Å². The smallest absolute Gasteiger partial charge is 0.0718 e. The molecule has 2 rings (SSSR count). The quantitative estimate of drug-likeness (QED) is 0.857. The normalized spacial score (nSPS) is 13.1. The third-order valence-corrected chi connectivity index (χ3v) is 3.09. The van der Waals surface area contributed by atoms with Crippen molar-refractivity contribution in [3.05, 3.63) is 30.0 Å². The lowest BCUT2D eigenvalue weighted by Gasteiger charge is -2.10. The summed E-state index contributed by atoms with van der Waals surface area (Å²) < 4.78 is 2.09. The minimum absolute atomic E-state index is 0.476. The summed E-state index contributed by atoms with van der Waals surface area (Å²) >= 11 is 0. The average Bonchev–Trinajstić information content (AvgIpc) is 2.68. The summed E-state index contributed by atoms with van der Waals surface area (Å²) in [6, 6.07) is 8.96. The number of benzene rings is 1. The molecule has 1 N–H and O–H groups in total. The minimum Gasteiger partial charge on any atom is -0.314 e. The van der Waals surface area contributed by atoms with Crippen LogP contribution >= 0.6 is 0 Å². The highest BCUT2D eigenvalue weighted by atomic mass is 15.3. The zero-order chi connectivity index (χ0) is 12.3. The second-order valence-corrected chi connectivity index (χ2v) is 4.44. The molecule has 3 heteroatoms. The molecule has 3 nitrogen and oxygen atoms in total. The van der Waals surface area contributed by atoms with Gasteiger partial charge in [-0.25, -0.2) is 0 Å². The van der Waals surface area contributed by atoms with E-state index in [2.05, 4.69) is 55.0 Å². The van der Waals surface area contributed by atoms with E-state index in [1.165, 1.54) is 16.6 Å². The summed E-state index contributed by atoms with van der Waals surface area (Å²) in [6.45, 7) is 8.42. The molecule has 1 heterocycles. The van der Waals surface area contributed by atoms with Crippen LogP contribution in [0.4, 0.5) is 0 Å². The highest BCUT2D eigenvalue weighted by Crippen LogP contribution is 2.19. The number of aryl methyl sites for hydroxylation is 1. The molecule has 0 amide bonds. The van der Waals surface area contributed by atoms with Gasteiger partial charge in [0.15, 0.2) is 0 Å². The maximum Gasteiger partial charge on any atom is 0.0718 e. The van der Waals surface area contributed by atoms with Crippen LogP contribution in [-0.4, -0.2) is 22.4 Å². The zero-order valence-electron chi connectivity index (χ0n) is 10.9. The topological polar surface area (TPSA) is 29.9 Å². The van der Waals surface area contributed by atoms with Gasteiger partial charge in [-0.15, -0.1) is 0 Å².